The van der Waals surface area contributed by atoms with Crippen molar-refractivity contribution in [1.29, 1.82) is 0 Å². The number of rotatable bonds is 1. The third-order valence-corrected chi connectivity index (χ3v) is 2.49. The van der Waals surface area contributed by atoms with Crippen molar-refractivity contribution in [3.05, 3.63) is 48.9 Å². The Kier molecular flexibility index (Phi) is 1.86. The molecule has 0 radical (unpaired) electrons. The van der Waals surface area contributed by atoms with E-state index in [2.05, 4.69) is 9.97 Å². The van der Waals surface area contributed by atoms with E-state index in [0.29, 0.717) is 5.78 Å². The largest absolute Gasteiger partial charge is 0.399 e. The normalized spacial score (nSPS) is 10.8. The molecule has 0 aliphatic rings. The molecule has 3 rings (SSSR count). The quantitative estimate of drug-likeness (QED) is 0.625. The smallest absolute Gasteiger partial charge is 0.234 e. The van der Waals surface area contributed by atoms with Crippen LogP contribution in [0.4, 0.5) is 5.69 Å². The molecule has 0 fully saturated rings. The summed E-state index contributed by atoms with van der Waals surface area (Å²) in [6.07, 6.45) is 5.49. The van der Waals surface area contributed by atoms with Gasteiger partial charge in [0.1, 0.15) is 0 Å². The van der Waals surface area contributed by atoms with Crippen molar-refractivity contribution in [3.8, 4) is 11.3 Å². The van der Waals surface area contributed by atoms with Crippen molar-refractivity contribution in [2.75, 3.05) is 5.73 Å². The Bertz CT molecular complexity index is 625. The molecule has 0 aliphatic heterocycles. The Balaban J connectivity index is 2.22. The van der Waals surface area contributed by atoms with Crippen LogP contribution in [0.15, 0.2) is 48.9 Å². The first kappa shape index (κ1) is 8.91. The van der Waals surface area contributed by atoms with E-state index in [9.17, 15) is 0 Å². The van der Waals surface area contributed by atoms with Gasteiger partial charge in [-0.3, -0.25) is 4.40 Å². The lowest BCUT2D eigenvalue weighted by Gasteiger charge is -2.01. The Morgan fingerprint density at radius 1 is 1.06 bits per heavy atom. The van der Waals surface area contributed by atoms with E-state index < -0.39 is 0 Å². The first-order valence-corrected chi connectivity index (χ1v) is 4.98. The minimum atomic E-state index is 0.703. The monoisotopic (exact) mass is 210 g/mol. The van der Waals surface area contributed by atoms with Gasteiger partial charge in [-0.05, 0) is 18.2 Å². The van der Waals surface area contributed by atoms with Crippen LogP contribution >= 0.6 is 0 Å². The molecule has 0 bridgehead atoms. The number of anilines is 1. The van der Waals surface area contributed by atoms with Gasteiger partial charge in [-0.25, -0.2) is 9.97 Å². The summed E-state index contributed by atoms with van der Waals surface area (Å²) in [6.45, 7) is 0. The average molecular weight is 210 g/mol. The Hall–Kier alpha value is -2.36. The molecule has 0 unspecified atom stereocenters. The molecule has 4 nitrogen and oxygen atoms in total. The van der Waals surface area contributed by atoms with Crippen LogP contribution in [-0.4, -0.2) is 14.4 Å². The maximum atomic E-state index is 5.66. The molecule has 3 aromatic rings. The van der Waals surface area contributed by atoms with Gasteiger partial charge in [0.25, 0.3) is 0 Å². The minimum Gasteiger partial charge on any atom is -0.399 e. The van der Waals surface area contributed by atoms with Gasteiger partial charge < -0.3 is 5.73 Å². The molecule has 0 amide bonds. The van der Waals surface area contributed by atoms with Gasteiger partial charge in [-0.1, -0.05) is 12.1 Å². The second-order valence-corrected chi connectivity index (χ2v) is 3.56. The SMILES string of the molecule is Nc1ccc(-c2cnc3ncccn23)cc1. The number of nitrogen functional groups attached to an aromatic ring is 1. The average Bonchev–Trinajstić information content (AvgIpc) is 2.74. The van der Waals surface area contributed by atoms with Crippen LogP contribution in [0.5, 0.6) is 0 Å². The highest BCUT2D eigenvalue weighted by atomic mass is 15.1. The Morgan fingerprint density at radius 3 is 2.69 bits per heavy atom. The number of fused-ring (bicyclic) bond motifs is 1. The van der Waals surface area contributed by atoms with Crippen LogP contribution in [0.3, 0.4) is 0 Å². The molecule has 0 aliphatic carbocycles. The fourth-order valence-corrected chi connectivity index (χ4v) is 1.70. The number of imidazole rings is 1. The zero-order valence-corrected chi connectivity index (χ0v) is 8.54. The van der Waals surface area contributed by atoms with E-state index in [-0.39, 0.29) is 0 Å². The van der Waals surface area contributed by atoms with Crippen molar-refractivity contribution in [1.82, 2.24) is 14.4 Å². The van der Waals surface area contributed by atoms with Crippen LogP contribution in [0.2, 0.25) is 0 Å². The van der Waals surface area contributed by atoms with Crippen LogP contribution in [0.25, 0.3) is 17.0 Å². The summed E-state index contributed by atoms with van der Waals surface area (Å²) in [5, 5.41) is 0. The van der Waals surface area contributed by atoms with Gasteiger partial charge >= 0.3 is 0 Å². The van der Waals surface area contributed by atoms with E-state index in [1.165, 1.54) is 0 Å². The predicted molar refractivity (Wildman–Crippen MR) is 62.8 cm³/mol. The predicted octanol–water partition coefficient (Wildman–Crippen LogP) is 1.98. The summed E-state index contributed by atoms with van der Waals surface area (Å²) in [4.78, 5) is 8.41. The zero-order valence-electron chi connectivity index (χ0n) is 8.54. The van der Waals surface area contributed by atoms with Crippen molar-refractivity contribution >= 4 is 11.5 Å². The Labute approximate surface area is 92.4 Å². The highest BCUT2D eigenvalue weighted by molar-refractivity contribution is 5.64. The van der Waals surface area contributed by atoms with Crippen molar-refractivity contribution in [2.24, 2.45) is 0 Å². The number of nitrogens with two attached hydrogens (primary N) is 1. The lowest BCUT2D eigenvalue weighted by atomic mass is 10.1. The fourth-order valence-electron chi connectivity index (χ4n) is 1.70. The van der Waals surface area contributed by atoms with Crippen LogP contribution in [-0.2, 0) is 0 Å². The van der Waals surface area contributed by atoms with Crippen LogP contribution in [0, 0.1) is 0 Å². The van der Waals surface area contributed by atoms with Gasteiger partial charge in [-0.15, -0.1) is 0 Å². The van der Waals surface area contributed by atoms with Gasteiger partial charge in [0, 0.05) is 23.6 Å². The van der Waals surface area contributed by atoms with E-state index in [1.807, 2.05) is 47.1 Å². The second-order valence-electron chi connectivity index (χ2n) is 3.56. The zero-order chi connectivity index (χ0) is 11.0. The van der Waals surface area contributed by atoms with Gasteiger partial charge in [0.2, 0.25) is 5.78 Å². The molecule has 2 aromatic heterocycles. The molecule has 2 N–H and O–H groups in total. The lowest BCUT2D eigenvalue weighted by molar-refractivity contribution is 1.11. The van der Waals surface area contributed by atoms with Gasteiger partial charge in [0.15, 0.2) is 0 Å². The van der Waals surface area contributed by atoms with E-state index in [0.717, 1.165) is 16.9 Å². The topological polar surface area (TPSA) is 56.2 Å². The highest BCUT2D eigenvalue weighted by Gasteiger charge is 2.04. The van der Waals surface area contributed by atoms with E-state index in [4.69, 9.17) is 5.73 Å². The number of benzene rings is 1. The summed E-state index contributed by atoms with van der Waals surface area (Å²) < 4.78 is 1.95. The second kappa shape index (κ2) is 3.34. The Morgan fingerprint density at radius 2 is 1.88 bits per heavy atom. The summed E-state index contributed by atoms with van der Waals surface area (Å²) in [5.74, 6) is 0.703. The number of nitrogens with zero attached hydrogens (tertiary/aromatic N) is 3. The van der Waals surface area contributed by atoms with Crippen LogP contribution in [0.1, 0.15) is 0 Å². The van der Waals surface area contributed by atoms with Crippen molar-refractivity contribution in [2.45, 2.75) is 0 Å². The number of hydrogen-bond acceptors (Lipinski definition) is 3. The molecular formula is C12H10N4. The maximum absolute atomic E-state index is 5.66. The van der Waals surface area contributed by atoms with Crippen LogP contribution < -0.4 is 5.73 Å². The molecule has 0 atom stereocenters. The van der Waals surface area contributed by atoms with Gasteiger partial charge in [-0.2, -0.15) is 0 Å². The molecule has 78 valence electrons. The lowest BCUT2D eigenvalue weighted by Crippen LogP contribution is -1.90. The first-order chi connectivity index (χ1) is 7.84. The van der Waals surface area contributed by atoms with Crippen molar-refractivity contribution in [3.63, 3.8) is 0 Å². The van der Waals surface area contributed by atoms with Gasteiger partial charge in [0.05, 0.1) is 11.9 Å². The molecular weight excluding hydrogens is 200 g/mol. The number of hydrogen-bond donors (Lipinski definition) is 1. The molecule has 0 saturated heterocycles. The van der Waals surface area contributed by atoms with Crippen molar-refractivity contribution < 1.29 is 0 Å². The third kappa shape index (κ3) is 1.32. The maximum Gasteiger partial charge on any atom is 0.234 e. The highest BCUT2D eigenvalue weighted by Crippen LogP contribution is 2.20. The van der Waals surface area contributed by atoms with E-state index >= 15 is 0 Å². The molecule has 2 heterocycles. The third-order valence-electron chi connectivity index (χ3n) is 2.49. The first-order valence-electron chi connectivity index (χ1n) is 4.98. The molecule has 16 heavy (non-hydrogen) atoms. The molecule has 4 heteroatoms. The molecule has 1 aromatic carbocycles. The minimum absolute atomic E-state index is 0.703. The summed E-state index contributed by atoms with van der Waals surface area (Å²) >= 11 is 0. The summed E-state index contributed by atoms with van der Waals surface area (Å²) in [5.41, 5.74) is 8.51. The summed E-state index contributed by atoms with van der Waals surface area (Å²) in [7, 11) is 0. The molecule has 0 saturated carbocycles. The standard InChI is InChI=1S/C12H10N4/c13-10-4-2-9(3-5-10)11-8-15-12-14-6-1-7-16(11)12/h1-8H,13H2. The summed E-state index contributed by atoms with van der Waals surface area (Å²) in [6, 6.07) is 9.60. The number of aromatic nitrogens is 3. The fraction of sp³-hybridized carbons (Fsp3) is 0. The molecule has 0 spiro atoms. The van der Waals surface area contributed by atoms with E-state index in [1.54, 1.807) is 6.20 Å².